The Bertz CT molecular complexity index is 405. The van der Waals surface area contributed by atoms with Gasteiger partial charge in [0.25, 0.3) is 0 Å². The molecule has 0 aliphatic carbocycles. The first-order valence-electron chi connectivity index (χ1n) is 8.59. The fourth-order valence-electron chi connectivity index (χ4n) is 3.14. The second-order valence-electron chi connectivity index (χ2n) is 7.68. The van der Waals surface area contributed by atoms with E-state index >= 15 is 0 Å². The van der Waals surface area contributed by atoms with Crippen molar-refractivity contribution in [2.75, 3.05) is 0 Å². The second-order valence-corrected chi connectivity index (χ2v) is 7.68. The van der Waals surface area contributed by atoms with E-state index < -0.39 is 0 Å². The SMILES string of the molecule is CCCCC(C)(C)c1cccc(C(C)(C)CCCC)c1O. The molecule has 1 aromatic rings. The Balaban J connectivity index is 3.13. The molecule has 0 aromatic heterocycles. The molecule has 0 heterocycles. The van der Waals surface area contributed by atoms with Gasteiger partial charge in [-0.25, -0.2) is 0 Å². The maximum absolute atomic E-state index is 10.9. The molecule has 0 saturated heterocycles. The van der Waals surface area contributed by atoms with Crippen LogP contribution in [0.3, 0.4) is 0 Å². The molecule has 0 amide bonds. The molecule has 0 atom stereocenters. The third-order valence-corrected chi connectivity index (χ3v) is 4.80. The van der Waals surface area contributed by atoms with Gasteiger partial charge < -0.3 is 5.11 Å². The average molecular weight is 290 g/mol. The third kappa shape index (κ3) is 4.49. The summed E-state index contributed by atoms with van der Waals surface area (Å²) in [6.45, 7) is 13.4. The Morgan fingerprint density at radius 2 is 1.19 bits per heavy atom. The summed E-state index contributed by atoms with van der Waals surface area (Å²) in [7, 11) is 0. The molecule has 1 N–H and O–H groups in total. The van der Waals surface area contributed by atoms with Crippen molar-refractivity contribution in [1.82, 2.24) is 0 Å². The van der Waals surface area contributed by atoms with Crippen LogP contribution in [0.2, 0.25) is 0 Å². The Labute approximate surface area is 131 Å². The number of rotatable bonds is 8. The lowest BCUT2D eigenvalue weighted by molar-refractivity contribution is 0.383. The Kier molecular flexibility index (Phi) is 6.31. The van der Waals surface area contributed by atoms with Crippen LogP contribution in [0, 0.1) is 0 Å². The summed E-state index contributed by atoms with van der Waals surface area (Å²) < 4.78 is 0. The van der Waals surface area contributed by atoms with E-state index in [1.165, 1.54) is 25.7 Å². The van der Waals surface area contributed by atoms with E-state index in [9.17, 15) is 5.11 Å². The van der Waals surface area contributed by atoms with Crippen LogP contribution in [0.4, 0.5) is 0 Å². The number of phenols is 1. The van der Waals surface area contributed by atoms with E-state index in [1.807, 2.05) is 0 Å². The summed E-state index contributed by atoms with van der Waals surface area (Å²) in [5.74, 6) is 0.528. The molecular weight excluding hydrogens is 256 g/mol. The fourth-order valence-corrected chi connectivity index (χ4v) is 3.14. The van der Waals surface area contributed by atoms with E-state index in [2.05, 4.69) is 59.7 Å². The Morgan fingerprint density at radius 3 is 1.52 bits per heavy atom. The van der Waals surface area contributed by atoms with E-state index in [-0.39, 0.29) is 10.8 Å². The van der Waals surface area contributed by atoms with Crippen molar-refractivity contribution in [3.63, 3.8) is 0 Å². The van der Waals surface area contributed by atoms with Crippen LogP contribution >= 0.6 is 0 Å². The molecular formula is C20H34O. The molecule has 21 heavy (non-hydrogen) atoms. The van der Waals surface area contributed by atoms with Gasteiger partial charge in [-0.2, -0.15) is 0 Å². The zero-order valence-electron chi connectivity index (χ0n) is 14.9. The average Bonchev–Trinajstić information content (AvgIpc) is 2.43. The molecule has 1 nitrogen and oxygen atoms in total. The third-order valence-electron chi connectivity index (χ3n) is 4.80. The van der Waals surface area contributed by atoms with Gasteiger partial charge in [0.05, 0.1) is 0 Å². The molecule has 120 valence electrons. The van der Waals surface area contributed by atoms with Gasteiger partial charge in [-0.15, -0.1) is 0 Å². The van der Waals surface area contributed by atoms with Crippen molar-refractivity contribution in [1.29, 1.82) is 0 Å². The quantitative estimate of drug-likeness (QED) is 0.593. The minimum atomic E-state index is 0.0386. The van der Waals surface area contributed by atoms with Crippen molar-refractivity contribution in [3.05, 3.63) is 29.3 Å². The van der Waals surface area contributed by atoms with Gasteiger partial charge >= 0.3 is 0 Å². The number of aromatic hydroxyl groups is 1. The predicted octanol–water partition coefficient (Wildman–Crippen LogP) is 6.33. The molecule has 1 aromatic carbocycles. The predicted molar refractivity (Wildman–Crippen MR) is 93.2 cm³/mol. The number of phenolic OH excluding ortho intramolecular Hbond substituents is 1. The van der Waals surface area contributed by atoms with Crippen LogP contribution in [0.25, 0.3) is 0 Å². The zero-order chi connectivity index (χ0) is 16.1. The highest BCUT2D eigenvalue weighted by Gasteiger charge is 2.29. The Hall–Kier alpha value is -0.980. The lowest BCUT2D eigenvalue weighted by Crippen LogP contribution is -2.21. The molecule has 0 radical (unpaired) electrons. The highest BCUT2D eigenvalue weighted by molar-refractivity contribution is 5.47. The Morgan fingerprint density at radius 1 is 0.810 bits per heavy atom. The molecule has 0 aliphatic rings. The first-order chi connectivity index (χ1) is 9.76. The van der Waals surface area contributed by atoms with Gasteiger partial charge in [-0.1, -0.05) is 85.4 Å². The summed E-state index contributed by atoms with van der Waals surface area (Å²) in [5, 5.41) is 10.9. The second kappa shape index (κ2) is 7.33. The van der Waals surface area contributed by atoms with E-state index in [0.717, 1.165) is 24.0 Å². The van der Waals surface area contributed by atoms with Crippen molar-refractivity contribution in [3.8, 4) is 5.75 Å². The molecule has 1 rings (SSSR count). The molecule has 0 aliphatic heterocycles. The molecule has 0 spiro atoms. The first-order valence-corrected chi connectivity index (χ1v) is 8.59. The molecule has 0 unspecified atom stereocenters. The van der Waals surface area contributed by atoms with E-state index in [0.29, 0.717) is 5.75 Å². The van der Waals surface area contributed by atoms with Crippen LogP contribution in [-0.4, -0.2) is 5.11 Å². The minimum Gasteiger partial charge on any atom is -0.507 e. The van der Waals surface area contributed by atoms with Crippen LogP contribution in [0.1, 0.15) is 91.2 Å². The van der Waals surface area contributed by atoms with Crippen LogP contribution in [0.15, 0.2) is 18.2 Å². The molecule has 0 saturated carbocycles. The van der Waals surface area contributed by atoms with E-state index in [1.54, 1.807) is 0 Å². The van der Waals surface area contributed by atoms with Gasteiger partial charge in [0.15, 0.2) is 0 Å². The van der Waals surface area contributed by atoms with Gasteiger partial charge in [-0.05, 0) is 34.8 Å². The zero-order valence-corrected chi connectivity index (χ0v) is 14.9. The lowest BCUT2D eigenvalue weighted by Gasteiger charge is -2.31. The normalized spacial score (nSPS) is 12.7. The van der Waals surface area contributed by atoms with E-state index in [4.69, 9.17) is 0 Å². The molecule has 0 fully saturated rings. The number of unbranched alkanes of at least 4 members (excludes halogenated alkanes) is 2. The first kappa shape index (κ1) is 18.1. The van der Waals surface area contributed by atoms with Crippen molar-refractivity contribution in [2.45, 2.75) is 90.9 Å². The van der Waals surface area contributed by atoms with Crippen LogP contribution < -0.4 is 0 Å². The summed E-state index contributed by atoms with van der Waals surface area (Å²) in [6, 6.07) is 6.32. The van der Waals surface area contributed by atoms with Crippen molar-refractivity contribution < 1.29 is 5.11 Å². The number of hydrogen-bond donors (Lipinski definition) is 1. The lowest BCUT2D eigenvalue weighted by atomic mass is 9.74. The summed E-state index contributed by atoms with van der Waals surface area (Å²) in [6.07, 6.45) is 7.05. The van der Waals surface area contributed by atoms with Crippen LogP contribution in [-0.2, 0) is 10.8 Å². The minimum absolute atomic E-state index is 0.0386. The topological polar surface area (TPSA) is 20.2 Å². The van der Waals surface area contributed by atoms with Crippen molar-refractivity contribution >= 4 is 0 Å². The van der Waals surface area contributed by atoms with Gasteiger partial charge in [0.1, 0.15) is 5.75 Å². The van der Waals surface area contributed by atoms with Crippen LogP contribution in [0.5, 0.6) is 5.75 Å². The highest BCUT2D eigenvalue weighted by Crippen LogP contribution is 2.42. The summed E-state index contributed by atoms with van der Waals surface area (Å²) >= 11 is 0. The standard InChI is InChI=1S/C20H34O/c1-7-9-14-19(3,4)16-12-11-13-17(18(16)21)20(5,6)15-10-8-2/h11-13,21H,7-10,14-15H2,1-6H3. The number of benzene rings is 1. The summed E-state index contributed by atoms with van der Waals surface area (Å²) in [4.78, 5) is 0. The fraction of sp³-hybridized carbons (Fsp3) is 0.700. The number of hydrogen-bond acceptors (Lipinski definition) is 1. The maximum atomic E-state index is 10.9. The monoisotopic (exact) mass is 290 g/mol. The smallest absolute Gasteiger partial charge is 0.123 e. The molecule has 1 heteroatoms. The van der Waals surface area contributed by atoms with Gasteiger partial charge in [-0.3, -0.25) is 0 Å². The maximum Gasteiger partial charge on any atom is 0.123 e. The number of para-hydroxylation sites is 1. The molecule has 0 bridgehead atoms. The largest absolute Gasteiger partial charge is 0.507 e. The van der Waals surface area contributed by atoms with Crippen molar-refractivity contribution in [2.24, 2.45) is 0 Å². The highest BCUT2D eigenvalue weighted by atomic mass is 16.3. The summed E-state index contributed by atoms with van der Waals surface area (Å²) in [5.41, 5.74) is 2.30. The van der Waals surface area contributed by atoms with Gasteiger partial charge in [0, 0.05) is 0 Å². The van der Waals surface area contributed by atoms with Gasteiger partial charge in [0.2, 0.25) is 0 Å².